The van der Waals surface area contributed by atoms with Crippen molar-refractivity contribution in [1.82, 2.24) is 4.90 Å². The van der Waals surface area contributed by atoms with Crippen LogP contribution in [0.2, 0.25) is 0 Å². The number of rotatable bonds is 4. The van der Waals surface area contributed by atoms with Crippen LogP contribution in [0.3, 0.4) is 0 Å². The molecule has 1 fully saturated rings. The Hall–Kier alpha value is -1.35. The van der Waals surface area contributed by atoms with E-state index in [1.807, 2.05) is 38.2 Å². The summed E-state index contributed by atoms with van der Waals surface area (Å²) in [5.74, 6) is 0.105. The molecule has 1 aliphatic rings. The molecule has 19 heavy (non-hydrogen) atoms. The lowest BCUT2D eigenvalue weighted by Crippen LogP contribution is -2.31. The molecule has 0 bridgehead atoms. The van der Waals surface area contributed by atoms with Gasteiger partial charge >= 0.3 is 0 Å². The summed E-state index contributed by atoms with van der Waals surface area (Å²) in [6.07, 6.45) is 4.83. The van der Waals surface area contributed by atoms with Crippen molar-refractivity contribution < 1.29 is 9.53 Å². The molecule has 1 heterocycles. The monoisotopic (exact) mass is 261 g/mol. The highest BCUT2D eigenvalue weighted by Crippen LogP contribution is 2.16. The molecule has 104 valence electrons. The number of ether oxygens (including phenoxy) is 1. The minimum absolute atomic E-state index is 0.105. The maximum atomic E-state index is 12.3. The van der Waals surface area contributed by atoms with Gasteiger partial charge in [0, 0.05) is 25.8 Å². The number of hydrogen-bond donors (Lipinski definition) is 0. The van der Waals surface area contributed by atoms with Gasteiger partial charge in [-0.1, -0.05) is 18.2 Å². The van der Waals surface area contributed by atoms with Crippen molar-refractivity contribution in [2.75, 3.05) is 20.2 Å². The standard InChI is InChI=1S/C16H23NO2/c1-13-7-3-4-9-15(13)16(18)17(2)11-10-14-8-5-6-12-19-14/h3-4,7,9,14H,5-6,8,10-12H2,1-2H3. The highest BCUT2D eigenvalue weighted by atomic mass is 16.5. The van der Waals surface area contributed by atoms with Crippen LogP contribution in [-0.4, -0.2) is 37.1 Å². The molecular formula is C16H23NO2. The van der Waals surface area contributed by atoms with Gasteiger partial charge in [0.2, 0.25) is 0 Å². The zero-order valence-electron chi connectivity index (χ0n) is 11.9. The van der Waals surface area contributed by atoms with E-state index in [4.69, 9.17) is 4.74 Å². The van der Waals surface area contributed by atoms with Crippen molar-refractivity contribution in [2.24, 2.45) is 0 Å². The number of amides is 1. The first-order chi connectivity index (χ1) is 9.18. The third-order valence-corrected chi connectivity index (χ3v) is 3.78. The summed E-state index contributed by atoms with van der Waals surface area (Å²) in [5, 5.41) is 0. The Morgan fingerprint density at radius 3 is 2.84 bits per heavy atom. The molecule has 1 aliphatic heterocycles. The third kappa shape index (κ3) is 3.80. The van der Waals surface area contributed by atoms with Gasteiger partial charge < -0.3 is 9.64 Å². The Labute approximate surface area is 115 Å². The summed E-state index contributed by atoms with van der Waals surface area (Å²) in [6, 6.07) is 7.75. The van der Waals surface area contributed by atoms with E-state index >= 15 is 0 Å². The number of aryl methyl sites for hydroxylation is 1. The first-order valence-corrected chi connectivity index (χ1v) is 7.11. The fourth-order valence-electron chi connectivity index (χ4n) is 2.49. The van der Waals surface area contributed by atoms with E-state index in [-0.39, 0.29) is 5.91 Å². The van der Waals surface area contributed by atoms with Crippen molar-refractivity contribution in [3.63, 3.8) is 0 Å². The minimum Gasteiger partial charge on any atom is -0.378 e. The van der Waals surface area contributed by atoms with Crippen LogP contribution >= 0.6 is 0 Å². The average Bonchev–Trinajstić information content (AvgIpc) is 2.45. The lowest BCUT2D eigenvalue weighted by Gasteiger charge is -2.25. The molecule has 2 rings (SSSR count). The van der Waals surface area contributed by atoms with Crippen molar-refractivity contribution in [3.05, 3.63) is 35.4 Å². The lowest BCUT2D eigenvalue weighted by molar-refractivity contribution is 0.00709. The lowest BCUT2D eigenvalue weighted by atomic mass is 10.1. The average molecular weight is 261 g/mol. The molecule has 0 radical (unpaired) electrons. The van der Waals surface area contributed by atoms with Gasteiger partial charge in [-0.25, -0.2) is 0 Å². The normalized spacial score (nSPS) is 19.2. The zero-order valence-corrected chi connectivity index (χ0v) is 11.9. The molecule has 0 aromatic heterocycles. The third-order valence-electron chi connectivity index (χ3n) is 3.78. The summed E-state index contributed by atoms with van der Waals surface area (Å²) >= 11 is 0. The first kappa shape index (κ1) is 14.1. The van der Waals surface area contributed by atoms with Gasteiger partial charge in [0.1, 0.15) is 0 Å². The highest BCUT2D eigenvalue weighted by molar-refractivity contribution is 5.95. The van der Waals surface area contributed by atoms with Crippen molar-refractivity contribution in [3.8, 4) is 0 Å². The predicted octanol–water partition coefficient (Wildman–Crippen LogP) is 3.03. The van der Waals surface area contributed by atoms with E-state index < -0.39 is 0 Å². The molecule has 0 aliphatic carbocycles. The van der Waals surface area contributed by atoms with Crippen molar-refractivity contribution in [2.45, 2.75) is 38.7 Å². The van der Waals surface area contributed by atoms with E-state index in [0.717, 1.165) is 37.1 Å². The second kappa shape index (κ2) is 6.71. The van der Waals surface area contributed by atoms with Gasteiger partial charge in [-0.2, -0.15) is 0 Å². The van der Waals surface area contributed by atoms with E-state index in [1.165, 1.54) is 12.8 Å². The number of benzene rings is 1. The van der Waals surface area contributed by atoms with Gasteiger partial charge in [0.25, 0.3) is 5.91 Å². The van der Waals surface area contributed by atoms with Crippen LogP contribution in [0.1, 0.15) is 41.6 Å². The molecule has 1 unspecified atom stereocenters. The maximum absolute atomic E-state index is 12.3. The molecule has 3 nitrogen and oxygen atoms in total. The quantitative estimate of drug-likeness (QED) is 0.833. The van der Waals surface area contributed by atoms with E-state index in [2.05, 4.69) is 0 Å². The van der Waals surface area contributed by atoms with Crippen LogP contribution in [0.4, 0.5) is 0 Å². The SMILES string of the molecule is Cc1ccccc1C(=O)N(C)CCC1CCCCO1. The molecular weight excluding hydrogens is 238 g/mol. The van der Waals surface area contributed by atoms with Crippen LogP contribution < -0.4 is 0 Å². The van der Waals surface area contributed by atoms with Gasteiger partial charge in [0.05, 0.1) is 6.10 Å². The molecule has 1 aromatic carbocycles. The molecule has 1 aromatic rings. The smallest absolute Gasteiger partial charge is 0.253 e. The molecule has 0 spiro atoms. The van der Waals surface area contributed by atoms with E-state index in [9.17, 15) is 4.79 Å². The Morgan fingerprint density at radius 2 is 2.16 bits per heavy atom. The van der Waals surface area contributed by atoms with Crippen LogP contribution in [0.25, 0.3) is 0 Å². The molecule has 1 amide bonds. The van der Waals surface area contributed by atoms with Gasteiger partial charge in [-0.3, -0.25) is 4.79 Å². The fourth-order valence-corrected chi connectivity index (χ4v) is 2.49. The summed E-state index contributed by atoms with van der Waals surface area (Å²) in [6.45, 7) is 3.61. The minimum atomic E-state index is 0.105. The van der Waals surface area contributed by atoms with Crippen LogP contribution in [0.15, 0.2) is 24.3 Å². The van der Waals surface area contributed by atoms with Crippen LogP contribution in [-0.2, 0) is 4.74 Å². The van der Waals surface area contributed by atoms with Gasteiger partial charge in [-0.15, -0.1) is 0 Å². The number of carbonyl (C=O) groups is 1. The summed E-state index contributed by atoms with van der Waals surface area (Å²) in [7, 11) is 1.87. The summed E-state index contributed by atoms with van der Waals surface area (Å²) < 4.78 is 5.70. The Morgan fingerprint density at radius 1 is 1.37 bits per heavy atom. The first-order valence-electron chi connectivity index (χ1n) is 7.11. The number of hydrogen-bond acceptors (Lipinski definition) is 2. The predicted molar refractivity (Wildman–Crippen MR) is 76.3 cm³/mol. The second-order valence-electron chi connectivity index (χ2n) is 5.32. The summed E-state index contributed by atoms with van der Waals surface area (Å²) in [5.41, 5.74) is 1.84. The second-order valence-corrected chi connectivity index (χ2v) is 5.32. The highest BCUT2D eigenvalue weighted by Gasteiger charge is 2.17. The van der Waals surface area contributed by atoms with Crippen LogP contribution in [0, 0.1) is 6.92 Å². The number of nitrogens with zero attached hydrogens (tertiary/aromatic N) is 1. The van der Waals surface area contributed by atoms with Gasteiger partial charge in [-0.05, 0) is 44.2 Å². The molecule has 1 saturated heterocycles. The molecule has 0 N–H and O–H groups in total. The van der Waals surface area contributed by atoms with Gasteiger partial charge in [0.15, 0.2) is 0 Å². The van der Waals surface area contributed by atoms with E-state index in [1.54, 1.807) is 4.90 Å². The van der Waals surface area contributed by atoms with Crippen molar-refractivity contribution in [1.29, 1.82) is 0 Å². The Kier molecular flexibility index (Phi) is 4.97. The summed E-state index contributed by atoms with van der Waals surface area (Å²) in [4.78, 5) is 14.1. The molecule has 3 heteroatoms. The van der Waals surface area contributed by atoms with E-state index in [0.29, 0.717) is 6.10 Å². The fraction of sp³-hybridized carbons (Fsp3) is 0.562. The zero-order chi connectivity index (χ0) is 13.7. The molecule has 0 saturated carbocycles. The maximum Gasteiger partial charge on any atom is 0.253 e. The molecule has 1 atom stereocenters. The Bertz CT molecular complexity index is 425. The van der Waals surface area contributed by atoms with Crippen LogP contribution in [0.5, 0.6) is 0 Å². The number of carbonyl (C=O) groups excluding carboxylic acids is 1. The van der Waals surface area contributed by atoms with Crippen molar-refractivity contribution >= 4 is 5.91 Å². The topological polar surface area (TPSA) is 29.5 Å². The largest absolute Gasteiger partial charge is 0.378 e. The Balaban J connectivity index is 1.87.